The number of hydrogen-bond acceptors (Lipinski definition) is 1. The third-order valence-electron chi connectivity index (χ3n) is 3.29. The highest BCUT2D eigenvalue weighted by atomic mass is 16.5. The maximum Gasteiger partial charge on any atom is 0.128 e. The Hall–Kier alpha value is -1.80. The fourth-order valence-corrected chi connectivity index (χ4v) is 2.17. The number of para-hydroxylation sites is 1. The fraction of sp³-hybridized carbons (Fsp3) is 0.294. The number of benzene rings is 2. The average molecular weight is 256 g/mol. The van der Waals surface area contributed by atoms with Gasteiger partial charge in [-0.2, -0.15) is 0 Å². The molecule has 0 aliphatic heterocycles. The van der Waals surface area contributed by atoms with Crippen LogP contribution in [0.5, 0.6) is 5.75 Å². The molecular weight excluding hydrogens is 234 g/mol. The summed E-state index contributed by atoms with van der Waals surface area (Å²) in [5, 5.41) is 2.34. The fourth-order valence-electron chi connectivity index (χ4n) is 2.17. The van der Waals surface area contributed by atoms with E-state index in [0.717, 1.165) is 12.3 Å². The molecule has 1 atom stereocenters. The summed E-state index contributed by atoms with van der Waals surface area (Å²) in [5.74, 6) is 1.00. The van der Waals surface area contributed by atoms with Gasteiger partial charge < -0.3 is 10.1 Å². The van der Waals surface area contributed by atoms with Crippen LogP contribution in [0, 0.1) is 0 Å². The van der Waals surface area contributed by atoms with E-state index in [1.165, 1.54) is 11.1 Å². The molecule has 2 rings (SSSR count). The Bertz CT molecular complexity index is 496. The topological polar surface area (TPSA) is 25.8 Å². The predicted octanol–water partition coefficient (Wildman–Crippen LogP) is 2.91. The molecule has 19 heavy (non-hydrogen) atoms. The molecule has 2 nitrogen and oxygen atoms in total. The summed E-state index contributed by atoms with van der Waals surface area (Å²) in [6.45, 7) is 5.91. The van der Waals surface area contributed by atoms with Crippen LogP contribution in [0.15, 0.2) is 54.6 Å². The normalized spacial score (nSPS) is 12.1. The second kappa shape index (κ2) is 6.95. The van der Waals surface area contributed by atoms with Gasteiger partial charge in [0.2, 0.25) is 0 Å². The largest absolute Gasteiger partial charge is 0.493 e. The lowest BCUT2D eigenvalue weighted by Crippen LogP contribution is -2.83. The Labute approximate surface area is 115 Å². The summed E-state index contributed by atoms with van der Waals surface area (Å²) >= 11 is 0. The van der Waals surface area contributed by atoms with Crippen molar-refractivity contribution in [3.63, 3.8) is 0 Å². The Morgan fingerprint density at radius 1 is 1.00 bits per heavy atom. The van der Waals surface area contributed by atoms with Gasteiger partial charge in [-0.05, 0) is 26.0 Å². The number of rotatable bonds is 6. The van der Waals surface area contributed by atoms with Crippen molar-refractivity contribution in [2.75, 3.05) is 6.61 Å². The molecule has 2 aromatic carbocycles. The SMILES string of the molecule is CCOc1ccccc1C[NH2+][C@H](C)c1ccccc1. The summed E-state index contributed by atoms with van der Waals surface area (Å²) in [4.78, 5) is 0. The van der Waals surface area contributed by atoms with Crippen molar-refractivity contribution < 1.29 is 10.1 Å². The molecule has 2 N–H and O–H groups in total. The second-order valence-corrected chi connectivity index (χ2v) is 4.68. The van der Waals surface area contributed by atoms with Crippen molar-refractivity contribution in [1.29, 1.82) is 0 Å². The van der Waals surface area contributed by atoms with Crippen molar-refractivity contribution in [3.8, 4) is 5.75 Å². The highest BCUT2D eigenvalue weighted by Crippen LogP contribution is 2.17. The second-order valence-electron chi connectivity index (χ2n) is 4.68. The molecule has 0 spiro atoms. The molecular formula is C17H22NO+. The van der Waals surface area contributed by atoms with Gasteiger partial charge in [0.05, 0.1) is 6.61 Å². The smallest absolute Gasteiger partial charge is 0.128 e. The van der Waals surface area contributed by atoms with Gasteiger partial charge in [0.1, 0.15) is 18.3 Å². The number of quaternary nitrogens is 1. The summed E-state index contributed by atoms with van der Waals surface area (Å²) in [6, 6.07) is 19.3. The molecule has 2 heteroatoms. The monoisotopic (exact) mass is 256 g/mol. The van der Waals surface area contributed by atoms with Gasteiger partial charge in [-0.3, -0.25) is 0 Å². The van der Waals surface area contributed by atoms with Crippen molar-refractivity contribution >= 4 is 0 Å². The van der Waals surface area contributed by atoms with Crippen LogP contribution >= 0.6 is 0 Å². The lowest BCUT2D eigenvalue weighted by Gasteiger charge is -2.13. The zero-order valence-electron chi connectivity index (χ0n) is 11.7. The molecule has 0 fully saturated rings. The number of ether oxygens (including phenoxy) is 1. The first kappa shape index (κ1) is 13.6. The van der Waals surface area contributed by atoms with E-state index in [9.17, 15) is 0 Å². The van der Waals surface area contributed by atoms with Crippen LogP contribution in [0.25, 0.3) is 0 Å². The van der Waals surface area contributed by atoms with Crippen LogP contribution in [-0.4, -0.2) is 6.61 Å². The zero-order valence-corrected chi connectivity index (χ0v) is 11.7. The van der Waals surface area contributed by atoms with Gasteiger partial charge in [-0.25, -0.2) is 0 Å². The lowest BCUT2D eigenvalue weighted by atomic mass is 10.1. The number of nitrogens with two attached hydrogens (primary N) is 1. The van der Waals surface area contributed by atoms with E-state index < -0.39 is 0 Å². The molecule has 0 bridgehead atoms. The van der Waals surface area contributed by atoms with Crippen LogP contribution < -0.4 is 10.1 Å². The Kier molecular flexibility index (Phi) is 4.99. The summed E-state index contributed by atoms with van der Waals surface area (Å²) < 4.78 is 5.65. The van der Waals surface area contributed by atoms with Gasteiger partial charge in [0.15, 0.2) is 0 Å². The van der Waals surface area contributed by atoms with E-state index in [4.69, 9.17) is 4.74 Å². The van der Waals surface area contributed by atoms with E-state index in [-0.39, 0.29) is 0 Å². The van der Waals surface area contributed by atoms with Gasteiger partial charge in [0, 0.05) is 11.1 Å². The van der Waals surface area contributed by atoms with Crippen LogP contribution in [0.3, 0.4) is 0 Å². The minimum atomic E-state index is 0.455. The first-order valence-electron chi connectivity index (χ1n) is 6.90. The third kappa shape index (κ3) is 3.83. The van der Waals surface area contributed by atoms with Crippen molar-refractivity contribution in [1.82, 2.24) is 0 Å². The van der Waals surface area contributed by atoms with Crippen LogP contribution in [0.1, 0.15) is 31.0 Å². The van der Waals surface area contributed by atoms with E-state index in [2.05, 4.69) is 54.7 Å². The molecule has 0 heterocycles. The van der Waals surface area contributed by atoms with Crippen molar-refractivity contribution in [2.45, 2.75) is 26.4 Å². The molecule has 0 saturated heterocycles. The van der Waals surface area contributed by atoms with Crippen LogP contribution in [0.2, 0.25) is 0 Å². The Morgan fingerprint density at radius 3 is 2.42 bits per heavy atom. The minimum absolute atomic E-state index is 0.455. The Balaban J connectivity index is 1.99. The van der Waals surface area contributed by atoms with Crippen LogP contribution in [0.4, 0.5) is 0 Å². The summed E-state index contributed by atoms with van der Waals surface area (Å²) in [6.07, 6.45) is 0. The van der Waals surface area contributed by atoms with Crippen LogP contribution in [-0.2, 0) is 6.54 Å². The summed E-state index contributed by atoms with van der Waals surface area (Å²) in [7, 11) is 0. The molecule has 2 aromatic rings. The Morgan fingerprint density at radius 2 is 1.68 bits per heavy atom. The molecule has 0 aromatic heterocycles. The molecule has 0 aliphatic carbocycles. The molecule has 0 saturated carbocycles. The van der Waals surface area contributed by atoms with Gasteiger partial charge in [0.25, 0.3) is 0 Å². The third-order valence-corrected chi connectivity index (χ3v) is 3.29. The quantitative estimate of drug-likeness (QED) is 0.845. The minimum Gasteiger partial charge on any atom is -0.493 e. The highest BCUT2D eigenvalue weighted by molar-refractivity contribution is 5.32. The molecule has 0 unspecified atom stereocenters. The van der Waals surface area contributed by atoms with E-state index in [1.807, 2.05) is 19.1 Å². The predicted molar refractivity (Wildman–Crippen MR) is 78.1 cm³/mol. The zero-order chi connectivity index (χ0) is 13.5. The van der Waals surface area contributed by atoms with E-state index in [0.29, 0.717) is 12.6 Å². The first-order chi connectivity index (χ1) is 9.31. The first-order valence-corrected chi connectivity index (χ1v) is 6.90. The molecule has 100 valence electrons. The maximum absolute atomic E-state index is 5.65. The molecule has 0 aliphatic rings. The average Bonchev–Trinajstić information content (AvgIpc) is 2.47. The van der Waals surface area contributed by atoms with E-state index >= 15 is 0 Å². The molecule has 0 radical (unpaired) electrons. The summed E-state index contributed by atoms with van der Waals surface area (Å²) in [5.41, 5.74) is 2.61. The van der Waals surface area contributed by atoms with Gasteiger partial charge in [-0.1, -0.05) is 42.5 Å². The van der Waals surface area contributed by atoms with Crippen molar-refractivity contribution in [2.24, 2.45) is 0 Å². The lowest BCUT2D eigenvalue weighted by molar-refractivity contribution is -0.708. The van der Waals surface area contributed by atoms with Gasteiger partial charge >= 0.3 is 0 Å². The van der Waals surface area contributed by atoms with Crippen molar-refractivity contribution in [3.05, 3.63) is 65.7 Å². The van der Waals surface area contributed by atoms with E-state index in [1.54, 1.807) is 0 Å². The highest BCUT2D eigenvalue weighted by Gasteiger charge is 2.10. The maximum atomic E-state index is 5.65. The standard InChI is InChI=1S/C17H21NO/c1-3-19-17-12-8-7-11-16(17)13-18-14(2)15-9-5-4-6-10-15/h4-12,14,18H,3,13H2,1-2H3/p+1/t14-/m1/s1. The number of hydrogen-bond donors (Lipinski definition) is 1. The van der Waals surface area contributed by atoms with Gasteiger partial charge in [-0.15, -0.1) is 0 Å². The molecule has 0 amide bonds.